The number of nitrogens with zero attached hydrogens (tertiary/aromatic N) is 1. The molecule has 2 aromatic heterocycles. The molecule has 13 heavy (non-hydrogen) atoms. The van der Waals surface area contributed by atoms with E-state index >= 15 is 0 Å². The normalized spacial score (nSPS) is 10.1. The molecule has 2 aromatic rings. The topological polar surface area (TPSA) is 76.9 Å². The van der Waals surface area contributed by atoms with E-state index in [1.165, 1.54) is 17.4 Å². The third-order valence-corrected chi connectivity index (χ3v) is 2.62. The molecule has 0 unspecified atom stereocenters. The van der Waals surface area contributed by atoms with Gasteiger partial charge in [-0.15, -0.1) is 11.3 Å². The van der Waals surface area contributed by atoms with Gasteiger partial charge in [0.1, 0.15) is 21.5 Å². The number of hydrogen-bond acceptors (Lipinski definition) is 3. The molecule has 0 atom stereocenters. The molecular weight excluding hydrogens is 188 g/mol. The van der Waals surface area contributed by atoms with Crippen LogP contribution in [-0.2, 0) is 0 Å². The number of rotatable bonds is 1. The Kier molecular flexibility index (Phi) is 1.57. The first-order chi connectivity index (χ1) is 6.20. The van der Waals surface area contributed by atoms with Gasteiger partial charge in [-0.05, 0) is 12.1 Å². The smallest absolute Gasteiger partial charge is 0.352 e. The van der Waals surface area contributed by atoms with Crippen molar-refractivity contribution in [1.82, 2.24) is 4.98 Å². The lowest BCUT2D eigenvalue weighted by atomic mass is 10.3. The molecule has 0 aliphatic heterocycles. The highest BCUT2D eigenvalue weighted by Gasteiger charge is 2.09. The van der Waals surface area contributed by atoms with Crippen LogP contribution in [0.2, 0.25) is 0 Å². The van der Waals surface area contributed by atoms with Gasteiger partial charge in [-0.25, -0.2) is 4.79 Å². The standard InChI is InChI=1S/C8H4N2O2S/c9-3-5-1-4-2-6(8(11)12)10-7(4)13-5/h1-2,10H,(H,11,12). The maximum Gasteiger partial charge on any atom is 0.352 e. The summed E-state index contributed by atoms with van der Waals surface area (Å²) >= 11 is 1.26. The molecule has 0 aliphatic carbocycles. The Bertz CT molecular complexity index is 486. The van der Waals surface area contributed by atoms with Gasteiger partial charge in [-0.1, -0.05) is 0 Å². The van der Waals surface area contributed by atoms with Crippen molar-refractivity contribution in [2.24, 2.45) is 0 Å². The Hall–Kier alpha value is -1.80. The fourth-order valence-electron chi connectivity index (χ4n) is 1.09. The van der Waals surface area contributed by atoms with Gasteiger partial charge in [0.15, 0.2) is 0 Å². The zero-order valence-electron chi connectivity index (χ0n) is 6.37. The molecule has 0 spiro atoms. The van der Waals surface area contributed by atoms with Gasteiger partial charge in [-0.3, -0.25) is 0 Å². The number of thiophene rings is 1. The molecule has 0 radical (unpaired) electrons. The highest BCUT2D eigenvalue weighted by Crippen LogP contribution is 2.25. The second-order valence-corrected chi connectivity index (χ2v) is 3.55. The van der Waals surface area contributed by atoms with Crippen molar-refractivity contribution in [1.29, 1.82) is 5.26 Å². The molecule has 2 rings (SSSR count). The van der Waals surface area contributed by atoms with Crippen LogP contribution in [-0.4, -0.2) is 16.1 Å². The zero-order chi connectivity index (χ0) is 9.42. The van der Waals surface area contributed by atoms with E-state index in [4.69, 9.17) is 10.4 Å². The Balaban J connectivity index is 2.62. The highest BCUT2D eigenvalue weighted by atomic mass is 32.1. The molecule has 0 amide bonds. The number of nitriles is 1. The predicted octanol–water partition coefficient (Wildman–Crippen LogP) is 1.80. The minimum Gasteiger partial charge on any atom is -0.477 e. The number of carboxylic acid groups (broad SMARTS) is 1. The van der Waals surface area contributed by atoms with Gasteiger partial charge in [-0.2, -0.15) is 5.26 Å². The first-order valence-electron chi connectivity index (χ1n) is 3.46. The summed E-state index contributed by atoms with van der Waals surface area (Å²) in [5.41, 5.74) is 0.158. The van der Waals surface area contributed by atoms with E-state index < -0.39 is 5.97 Å². The fraction of sp³-hybridized carbons (Fsp3) is 0. The van der Waals surface area contributed by atoms with E-state index in [1.807, 2.05) is 6.07 Å². The molecule has 0 fully saturated rings. The molecule has 4 nitrogen and oxygen atoms in total. The number of H-pyrrole nitrogens is 1. The Morgan fingerprint density at radius 1 is 1.62 bits per heavy atom. The van der Waals surface area contributed by atoms with Crippen LogP contribution >= 0.6 is 11.3 Å². The van der Waals surface area contributed by atoms with Crippen molar-refractivity contribution in [3.8, 4) is 6.07 Å². The van der Waals surface area contributed by atoms with Crippen molar-refractivity contribution in [2.45, 2.75) is 0 Å². The molecular formula is C8H4N2O2S. The molecule has 0 aliphatic rings. The molecule has 0 bridgehead atoms. The monoisotopic (exact) mass is 192 g/mol. The molecule has 64 valence electrons. The third kappa shape index (κ3) is 1.17. The van der Waals surface area contributed by atoms with Crippen molar-refractivity contribution >= 4 is 27.5 Å². The van der Waals surface area contributed by atoms with E-state index in [0.717, 1.165) is 10.2 Å². The Morgan fingerprint density at radius 2 is 2.38 bits per heavy atom. The van der Waals surface area contributed by atoms with Crippen LogP contribution in [0.4, 0.5) is 0 Å². The average Bonchev–Trinajstić information content (AvgIpc) is 2.58. The minimum absolute atomic E-state index is 0.158. The lowest BCUT2D eigenvalue weighted by Crippen LogP contribution is -1.94. The average molecular weight is 192 g/mol. The largest absolute Gasteiger partial charge is 0.477 e. The Morgan fingerprint density at radius 3 is 2.92 bits per heavy atom. The SMILES string of the molecule is N#Cc1cc2cc(C(=O)O)[nH]c2s1. The number of hydrogen-bond donors (Lipinski definition) is 2. The van der Waals surface area contributed by atoms with Gasteiger partial charge < -0.3 is 10.1 Å². The fourth-order valence-corrected chi connectivity index (χ4v) is 1.94. The van der Waals surface area contributed by atoms with Crippen molar-refractivity contribution in [3.05, 3.63) is 22.7 Å². The third-order valence-electron chi connectivity index (χ3n) is 1.65. The summed E-state index contributed by atoms with van der Waals surface area (Å²) in [6, 6.07) is 5.19. The lowest BCUT2D eigenvalue weighted by Gasteiger charge is -1.83. The summed E-state index contributed by atoms with van der Waals surface area (Å²) in [7, 11) is 0. The maximum absolute atomic E-state index is 10.5. The van der Waals surface area contributed by atoms with E-state index in [9.17, 15) is 4.79 Å². The summed E-state index contributed by atoms with van der Waals surface area (Å²) < 4.78 is 0. The highest BCUT2D eigenvalue weighted by molar-refractivity contribution is 7.19. The van der Waals surface area contributed by atoms with Crippen LogP contribution in [0.3, 0.4) is 0 Å². The van der Waals surface area contributed by atoms with Crippen LogP contribution in [0.5, 0.6) is 0 Å². The zero-order valence-corrected chi connectivity index (χ0v) is 7.18. The number of carbonyl (C=O) groups is 1. The number of aromatic carboxylic acids is 1. The second-order valence-electron chi connectivity index (χ2n) is 2.50. The molecule has 0 saturated carbocycles. The molecule has 5 heteroatoms. The molecule has 0 aromatic carbocycles. The lowest BCUT2D eigenvalue weighted by molar-refractivity contribution is 0.0691. The maximum atomic E-state index is 10.5. The van der Waals surface area contributed by atoms with Crippen LogP contribution in [0.15, 0.2) is 12.1 Å². The summed E-state index contributed by atoms with van der Waals surface area (Å²) in [5.74, 6) is -0.984. The first kappa shape index (κ1) is 7.83. The number of fused-ring (bicyclic) bond motifs is 1. The van der Waals surface area contributed by atoms with Crippen LogP contribution in [0, 0.1) is 11.3 Å². The second kappa shape index (κ2) is 2.61. The Labute approximate surface area is 77.0 Å². The summed E-state index contributed by atoms with van der Waals surface area (Å²) in [5, 5.41) is 18.0. The quantitative estimate of drug-likeness (QED) is 0.723. The van der Waals surface area contributed by atoms with Crippen molar-refractivity contribution in [2.75, 3.05) is 0 Å². The van der Waals surface area contributed by atoms with Gasteiger partial charge in [0.2, 0.25) is 0 Å². The number of aromatic nitrogens is 1. The van der Waals surface area contributed by atoms with E-state index in [1.54, 1.807) is 6.07 Å². The van der Waals surface area contributed by atoms with E-state index in [0.29, 0.717) is 4.88 Å². The number of carboxylic acids is 1. The van der Waals surface area contributed by atoms with E-state index in [2.05, 4.69) is 4.98 Å². The van der Waals surface area contributed by atoms with Crippen molar-refractivity contribution < 1.29 is 9.90 Å². The van der Waals surface area contributed by atoms with Gasteiger partial charge in [0.25, 0.3) is 0 Å². The van der Waals surface area contributed by atoms with Crippen LogP contribution < -0.4 is 0 Å². The summed E-state index contributed by atoms with van der Waals surface area (Å²) in [6.45, 7) is 0. The first-order valence-corrected chi connectivity index (χ1v) is 4.28. The summed E-state index contributed by atoms with van der Waals surface area (Å²) in [4.78, 5) is 14.6. The van der Waals surface area contributed by atoms with Crippen LogP contribution in [0.25, 0.3) is 10.2 Å². The van der Waals surface area contributed by atoms with Gasteiger partial charge >= 0.3 is 5.97 Å². The van der Waals surface area contributed by atoms with Gasteiger partial charge in [0.05, 0.1) is 0 Å². The predicted molar refractivity (Wildman–Crippen MR) is 47.9 cm³/mol. The minimum atomic E-state index is -0.984. The van der Waals surface area contributed by atoms with E-state index in [-0.39, 0.29) is 5.69 Å². The molecule has 0 saturated heterocycles. The number of aromatic amines is 1. The number of nitrogens with one attached hydrogen (secondary N) is 1. The van der Waals surface area contributed by atoms with Crippen molar-refractivity contribution in [3.63, 3.8) is 0 Å². The van der Waals surface area contributed by atoms with Gasteiger partial charge in [0, 0.05) is 5.39 Å². The van der Waals surface area contributed by atoms with Crippen LogP contribution in [0.1, 0.15) is 15.4 Å². The molecule has 2 heterocycles. The summed E-state index contributed by atoms with van der Waals surface area (Å²) in [6.07, 6.45) is 0. The molecule has 2 N–H and O–H groups in total.